The van der Waals surface area contributed by atoms with Crippen LogP contribution in [-0.4, -0.2) is 57.0 Å². The summed E-state index contributed by atoms with van der Waals surface area (Å²) in [5.41, 5.74) is 1.09. The second-order valence-corrected chi connectivity index (χ2v) is 8.48. The van der Waals surface area contributed by atoms with Crippen LogP contribution < -0.4 is 15.0 Å². The molecule has 2 aromatic carbocycles. The van der Waals surface area contributed by atoms with Crippen molar-refractivity contribution in [1.29, 1.82) is 0 Å². The number of hydrogen-bond acceptors (Lipinski definition) is 6. The second kappa shape index (κ2) is 9.37. The van der Waals surface area contributed by atoms with E-state index in [9.17, 15) is 14.7 Å². The first-order valence-corrected chi connectivity index (χ1v) is 10.7. The maximum Gasteiger partial charge on any atom is 0.291 e. The minimum absolute atomic E-state index is 0.0303. The molecule has 2 N–H and O–H groups in total. The van der Waals surface area contributed by atoms with Gasteiger partial charge in [0.25, 0.3) is 11.8 Å². The largest absolute Gasteiger partial charge is 0.489 e. The van der Waals surface area contributed by atoms with E-state index in [1.165, 1.54) is 11.2 Å². The van der Waals surface area contributed by atoms with E-state index in [4.69, 9.17) is 4.74 Å². The van der Waals surface area contributed by atoms with Gasteiger partial charge in [0.15, 0.2) is 0 Å². The molecule has 4 rings (SSSR count). The summed E-state index contributed by atoms with van der Waals surface area (Å²) in [6.45, 7) is 3.61. The molecule has 1 aromatic heterocycles. The maximum atomic E-state index is 13.0. The molecule has 0 spiro atoms. The average molecular weight is 460 g/mol. The van der Waals surface area contributed by atoms with E-state index in [0.717, 1.165) is 5.56 Å². The Labute approximate surface area is 197 Å². The summed E-state index contributed by atoms with van der Waals surface area (Å²) in [5.74, 6) is 5.18. The number of aliphatic hydroxyl groups is 1. The first kappa shape index (κ1) is 23.0. The van der Waals surface area contributed by atoms with Crippen LogP contribution in [0.4, 0.5) is 5.69 Å². The summed E-state index contributed by atoms with van der Waals surface area (Å²) in [5, 5.41) is 16.7. The summed E-state index contributed by atoms with van der Waals surface area (Å²) < 4.78 is 7.41. The van der Waals surface area contributed by atoms with E-state index in [1.807, 2.05) is 30.3 Å². The van der Waals surface area contributed by atoms with Gasteiger partial charge in [0.05, 0.1) is 12.2 Å². The number of aromatic nitrogens is 3. The van der Waals surface area contributed by atoms with E-state index >= 15 is 0 Å². The summed E-state index contributed by atoms with van der Waals surface area (Å²) in [6, 6.07) is 13.9. The zero-order valence-corrected chi connectivity index (χ0v) is 19.1. The lowest BCUT2D eigenvalue weighted by Gasteiger charge is -2.20. The van der Waals surface area contributed by atoms with Crippen LogP contribution in [0.1, 0.15) is 35.6 Å². The number of amides is 2. The molecular weight excluding hydrogens is 434 g/mol. The predicted octanol–water partition coefficient (Wildman–Crippen LogP) is 1.60. The van der Waals surface area contributed by atoms with Gasteiger partial charge in [-0.15, -0.1) is 5.10 Å². The van der Waals surface area contributed by atoms with E-state index in [0.29, 0.717) is 23.5 Å². The Morgan fingerprint density at radius 2 is 2.03 bits per heavy atom. The molecule has 0 saturated carbocycles. The Morgan fingerprint density at radius 3 is 2.76 bits per heavy atom. The number of nitrogens with zero attached hydrogens (tertiary/aromatic N) is 4. The number of fused-ring (bicyclic) bond motifs is 1. The van der Waals surface area contributed by atoms with Crippen molar-refractivity contribution in [2.75, 3.05) is 18.6 Å². The van der Waals surface area contributed by atoms with Crippen LogP contribution in [0.15, 0.2) is 54.9 Å². The minimum atomic E-state index is -1.13. The summed E-state index contributed by atoms with van der Waals surface area (Å²) >= 11 is 0. The molecule has 9 nitrogen and oxygen atoms in total. The zero-order chi connectivity index (χ0) is 24.3. The molecular formula is C25H25N5O4. The smallest absolute Gasteiger partial charge is 0.291 e. The minimum Gasteiger partial charge on any atom is -0.489 e. The molecule has 0 bridgehead atoms. The molecule has 0 fully saturated rings. The van der Waals surface area contributed by atoms with Crippen LogP contribution in [0.2, 0.25) is 0 Å². The molecule has 2 amide bonds. The Hall–Kier alpha value is -4.16. The molecule has 0 saturated heterocycles. The topological polar surface area (TPSA) is 110 Å². The molecule has 0 radical (unpaired) electrons. The highest BCUT2D eigenvalue weighted by Crippen LogP contribution is 2.31. The van der Waals surface area contributed by atoms with E-state index in [2.05, 4.69) is 27.2 Å². The molecule has 9 heteroatoms. The summed E-state index contributed by atoms with van der Waals surface area (Å²) in [4.78, 5) is 31.2. The van der Waals surface area contributed by atoms with Gasteiger partial charge in [0, 0.05) is 12.6 Å². The van der Waals surface area contributed by atoms with Crippen LogP contribution in [0.25, 0.3) is 0 Å². The number of ether oxygens (including phenoxy) is 1. The standard InChI is InChI=1S/C25H25N5O4/c1-25(2,33)12-11-17-9-10-20-21(13-17)34-15-19(24(32)29(20)3)27-23(31)22-26-16-30(28-22)14-18-7-5-4-6-8-18/h4-10,13,16,19,33H,14-15H2,1-3H3,(H,27,31)/t19-/m1/s1. The molecule has 34 heavy (non-hydrogen) atoms. The van der Waals surface area contributed by atoms with Crippen LogP contribution >= 0.6 is 0 Å². The molecule has 1 aliphatic heterocycles. The number of hydrogen-bond donors (Lipinski definition) is 2. The van der Waals surface area contributed by atoms with Crippen molar-refractivity contribution in [3.05, 3.63) is 71.8 Å². The van der Waals surface area contributed by atoms with Crippen molar-refractivity contribution in [1.82, 2.24) is 20.1 Å². The lowest BCUT2D eigenvalue weighted by atomic mass is 10.1. The third-order valence-electron chi connectivity index (χ3n) is 5.10. The van der Waals surface area contributed by atoms with Crippen molar-refractivity contribution in [2.45, 2.75) is 32.0 Å². The van der Waals surface area contributed by atoms with Gasteiger partial charge < -0.3 is 20.1 Å². The van der Waals surface area contributed by atoms with Crippen molar-refractivity contribution >= 4 is 17.5 Å². The summed E-state index contributed by atoms with van der Waals surface area (Å²) in [7, 11) is 1.62. The number of anilines is 1. The number of rotatable bonds is 4. The van der Waals surface area contributed by atoms with Crippen molar-refractivity contribution < 1.29 is 19.4 Å². The number of carbonyl (C=O) groups excluding carboxylic acids is 2. The monoisotopic (exact) mass is 459 g/mol. The Kier molecular flexibility index (Phi) is 6.34. The number of benzene rings is 2. The predicted molar refractivity (Wildman–Crippen MR) is 125 cm³/mol. The van der Waals surface area contributed by atoms with Crippen molar-refractivity contribution in [3.8, 4) is 17.6 Å². The van der Waals surface area contributed by atoms with Gasteiger partial charge in [-0.3, -0.25) is 9.59 Å². The van der Waals surface area contributed by atoms with E-state index < -0.39 is 17.6 Å². The molecule has 1 aliphatic rings. The van der Waals surface area contributed by atoms with Crippen LogP contribution in [0.3, 0.4) is 0 Å². The first-order valence-electron chi connectivity index (χ1n) is 10.7. The molecule has 0 aliphatic carbocycles. The first-order chi connectivity index (χ1) is 16.2. The van der Waals surface area contributed by atoms with Gasteiger partial charge in [-0.25, -0.2) is 9.67 Å². The fourth-order valence-electron chi connectivity index (χ4n) is 3.38. The van der Waals surface area contributed by atoms with Crippen LogP contribution in [0.5, 0.6) is 5.75 Å². The Bertz CT molecular complexity index is 1270. The molecule has 0 unspecified atom stereocenters. The van der Waals surface area contributed by atoms with Gasteiger partial charge in [-0.1, -0.05) is 42.2 Å². The average Bonchev–Trinajstić information content (AvgIpc) is 3.24. The van der Waals surface area contributed by atoms with Crippen LogP contribution in [0, 0.1) is 11.8 Å². The summed E-state index contributed by atoms with van der Waals surface area (Å²) in [6.07, 6.45) is 1.48. The van der Waals surface area contributed by atoms with Crippen molar-refractivity contribution in [2.24, 2.45) is 0 Å². The number of carbonyl (C=O) groups is 2. The van der Waals surface area contributed by atoms with Crippen molar-refractivity contribution in [3.63, 3.8) is 0 Å². The van der Waals surface area contributed by atoms with Crippen LogP contribution in [-0.2, 0) is 11.3 Å². The molecule has 174 valence electrons. The quantitative estimate of drug-likeness (QED) is 0.574. The lowest BCUT2D eigenvalue weighted by Crippen LogP contribution is -2.49. The van der Waals surface area contributed by atoms with E-state index in [-0.39, 0.29) is 18.3 Å². The highest BCUT2D eigenvalue weighted by molar-refractivity contribution is 6.02. The van der Waals surface area contributed by atoms with E-state index in [1.54, 1.807) is 43.8 Å². The Balaban J connectivity index is 1.45. The third-order valence-corrected chi connectivity index (χ3v) is 5.10. The van der Waals surface area contributed by atoms with Gasteiger partial charge in [0.2, 0.25) is 5.82 Å². The lowest BCUT2D eigenvalue weighted by molar-refractivity contribution is -0.120. The Morgan fingerprint density at radius 1 is 1.26 bits per heavy atom. The molecule has 2 heterocycles. The second-order valence-electron chi connectivity index (χ2n) is 8.48. The SMILES string of the molecule is CN1C(=O)[C@H](NC(=O)c2ncn(Cc3ccccc3)n2)COc2cc(C#CC(C)(C)O)ccc21. The fraction of sp³-hybridized carbons (Fsp3) is 0.280. The fourth-order valence-corrected chi connectivity index (χ4v) is 3.38. The maximum absolute atomic E-state index is 13.0. The van der Waals surface area contributed by atoms with Gasteiger partial charge >= 0.3 is 0 Å². The normalized spacial score (nSPS) is 15.5. The highest BCUT2D eigenvalue weighted by Gasteiger charge is 2.31. The highest BCUT2D eigenvalue weighted by atomic mass is 16.5. The van der Waals surface area contributed by atoms with Gasteiger partial charge in [-0.2, -0.15) is 0 Å². The van der Waals surface area contributed by atoms with Gasteiger partial charge in [-0.05, 0) is 37.6 Å². The molecule has 1 atom stereocenters. The number of likely N-dealkylation sites (N-methyl/N-ethyl adjacent to an activating group) is 1. The third kappa shape index (κ3) is 5.42. The zero-order valence-electron chi connectivity index (χ0n) is 19.1. The van der Waals surface area contributed by atoms with Gasteiger partial charge in [0.1, 0.15) is 30.3 Å². The molecule has 3 aromatic rings. The number of nitrogens with one attached hydrogen (secondary N) is 1.